The first kappa shape index (κ1) is 10.4. The van der Waals surface area contributed by atoms with Crippen LogP contribution in [0.2, 0.25) is 0 Å². The Morgan fingerprint density at radius 1 is 1.36 bits per heavy atom. The van der Waals surface area contributed by atoms with Gasteiger partial charge in [0.25, 0.3) is 0 Å². The lowest BCUT2D eigenvalue weighted by molar-refractivity contribution is 0.432. The van der Waals surface area contributed by atoms with Gasteiger partial charge in [-0.2, -0.15) is 0 Å². The Morgan fingerprint density at radius 2 is 2.14 bits per heavy atom. The van der Waals surface area contributed by atoms with Crippen molar-refractivity contribution in [2.24, 2.45) is 11.8 Å². The van der Waals surface area contributed by atoms with E-state index in [0.717, 1.165) is 19.6 Å². The third kappa shape index (κ3) is 2.25. The summed E-state index contributed by atoms with van der Waals surface area (Å²) in [5.74, 6) is 1.27. The van der Waals surface area contributed by atoms with Gasteiger partial charge in [-0.1, -0.05) is 0 Å². The number of sulfonamides is 1. The molecule has 2 fully saturated rings. The van der Waals surface area contributed by atoms with Crippen molar-refractivity contribution >= 4 is 10.0 Å². The largest absolute Gasteiger partial charge is 0.316 e. The second kappa shape index (κ2) is 3.77. The maximum atomic E-state index is 10.9. The van der Waals surface area contributed by atoms with Crippen LogP contribution in [0.4, 0.5) is 0 Å². The van der Waals surface area contributed by atoms with Gasteiger partial charge in [-0.25, -0.2) is 13.1 Å². The highest BCUT2D eigenvalue weighted by Gasteiger charge is 2.38. The Kier molecular flexibility index (Phi) is 2.79. The Bertz CT molecular complexity index is 304. The molecule has 5 nitrogen and oxygen atoms in total. The fraction of sp³-hybridized carbons (Fsp3) is 1.00. The van der Waals surface area contributed by atoms with E-state index in [0.29, 0.717) is 24.4 Å². The number of rotatable bonds is 3. The molecular formula is C8H17N3O2S. The molecule has 0 aromatic carbocycles. The lowest BCUT2D eigenvalue weighted by atomic mass is 9.94. The highest BCUT2D eigenvalue weighted by atomic mass is 32.2. The van der Waals surface area contributed by atoms with Crippen LogP contribution in [-0.4, -0.2) is 46.9 Å². The van der Waals surface area contributed by atoms with Gasteiger partial charge in [-0.15, -0.1) is 0 Å². The highest BCUT2D eigenvalue weighted by Crippen LogP contribution is 2.25. The third-order valence-electron chi connectivity index (χ3n) is 3.12. The van der Waals surface area contributed by atoms with Crippen LogP contribution >= 0.6 is 0 Å². The monoisotopic (exact) mass is 219 g/mol. The van der Waals surface area contributed by atoms with E-state index < -0.39 is 10.0 Å². The van der Waals surface area contributed by atoms with Gasteiger partial charge >= 0.3 is 0 Å². The van der Waals surface area contributed by atoms with E-state index >= 15 is 0 Å². The summed E-state index contributed by atoms with van der Waals surface area (Å²) in [6.07, 6.45) is 1.20. The Balaban J connectivity index is 1.87. The normalized spacial score (nSPS) is 37.4. The third-order valence-corrected chi connectivity index (χ3v) is 3.81. The predicted octanol–water partition coefficient (Wildman–Crippen LogP) is -1.66. The van der Waals surface area contributed by atoms with E-state index in [1.165, 1.54) is 6.26 Å². The van der Waals surface area contributed by atoms with Gasteiger partial charge in [-0.3, -0.25) is 0 Å². The topological polar surface area (TPSA) is 70.2 Å². The predicted molar refractivity (Wildman–Crippen MR) is 54.5 cm³/mol. The molecule has 0 spiro atoms. The molecule has 0 radical (unpaired) electrons. The van der Waals surface area contributed by atoms with E-state index in [4.69, 9.17) is 0 Å². The minimum absolute atomic E-state index is 0.296. The summed E-state index contributed by atoms with van der Waals surface area (Å²) in [7, 11) is -3.05. The van der Waals surface area contributed by atoms with Crippen LogP contribution in [0.1, 0.15) is 0 Å². The van der Waals surface area contributed by atoms with Crippen molar-refractivity contribution in [1.29, 1.82) is 0 Å². The van der Waals surface area contributed by atoms with E-state index in [1.807, 2.05) is 0 Å². The van der Waals surface area contributed by atoms with Crippen LogP contribution in [0.25, 0.3) is 0 Å². The number of fused-ring (bicyclic) bond motifs is 1. The lowest BCUT2D eigenvalue weighted by Crippen LogP contribution is -2.41. The summed E-state index contributed by atoms with van der Waals surface area (Å²) in [5, 5.41) is 6.70. The second-order valence-electron chi connectivity index (χ2n) is 4.22. The Morgan fingerprint density at radius 3 is 2.86 bits per heavy atom. The molecule has 2 rings (SSSR count). The van der Waals surface area contributed by atoms with E-state index in [9.17, 15) is 8.42 Å². The van der Waals surface area contributed by atoms with Crippen molar-refractivity contribution in [2.45, 2.75) is 6.04 Å². The quantitative estimate of drug-likeness (QED) is 0.531. The molecule has 2 heterocycles. The van der Waals surface area contributed by atoms with Crippen molar-refractivity contribution in [1.82, 2.24) is 15.4 Å². The molecule has 3 N–H and O–H groups in total. The van der Waals surface area contributed by atoms with E-state index in [1.54, 1.807) is 0 Å². The van der Waals surface area contributed by atoms with Gasteiger partial charge in [-0.05, 0) is 31.5 Å². The first-order valence-corrected chi connectivity index (χ1v) is 6.84. The molecule has 0 amide bonds. The molecule has 0 saturated carbocycles. The fourth-order valence-corrected chi connectivity index (χ4v) is 2.85. The van der Waals surface area contributed by atoms with Crippen molar-refractivity contribution in [3.63, 3.8) is 0 Å². The van der Waals surface area contributed by atoms with Crippen molar-refractivity contribution in [3.8, 4) is 0 Å². The van der Waals surface area contributed by atoms with Gasteiger partial charge in [0.15, 0.2) is 0 Å². The molecule has 0 bridgehead atoms. The van der Waals surface area contributed by atoms with E-state index in [2.05, 4.69) is 15.4 Å². The van der Waals surface area contributed by atoms with Crippen LogP contribution in [-0.2, 0) is 10.0 Å². The van der Waals surface area contributed by atoms with Crippen LogP contribution in [0.15, 0.2) is 0 Å². The summed E-state index contributed by atoms with van der Waals surface area (Å²) >= 11 is 0. The number of hydrogen-bond donors (Lipinski definition) is 3. The Labute approximate surface area is 84.7 Å². The molecule has 3 atom stereocenters. The molecule has 82 valence electrons. The van der Waals surface area contributed by atoms with E-state index in [-0.39, 0.29) is 0 Å². The zero-order valence-corrected chi connectivity index (χ0v) is 9.10. The van der Waals surface area contributed by atoms with Crippen LogP contribution in [0.3, 0.4) is 0 Å². The van der Waals surface area contributed by atoms with Crippen LogP contribution < -0.4 is 15.4 Å². The molecule has 1 unspecified atom stereocenters. The molecule has 6 heteroatoms. The zero-order chi connectivity index (χ0) is 10.2. The molecule has 0 aromatic rings. The Hall–Kier alpha value is -0.170. The maximum Gasteiger partial charge on any atom is 0.208 e. The summed E-state index contributed by atoms with van der Waals surface area (Å²) in [4.78, 5) is 0. The summed E-state index contributed by atoms with van der Waals surface area (Å²) in [5.41, 5.74) is 0. The minimum Gasteiger partial charge on any atom is -0.316 e. The van der Waals surface area contributed by atoms with Gasteiger partial charge in [0.1, 0.15) is 0 Å². The SMILES string of the molecule is CS(=O)(=O)NC[C@H]1NCC2CNC[C@H]21. The summed E-state index contributed by atoms with van der Waals surface area (Å²) in [6.45, 7) is 3.59. The second-order valence-corrected chi connectivity index (χ2v) is 6.05. The molecule has 0 aliphatic carbocycles. The van der Waals surface area contributed by atoms with Gasteiger partial charge in [0.2, 0.25) is 10.0 Å². The van der Waals surface area contributed by atoms with Crippen LogP contribution in [0, 0.1) is 11.8 Å². The molecular weight excluding hydrogens is 202 g/mol. The average molecular weight is 219 g/mol. The van der Waals surface area contributed by atoms with Crippen molar-refractivity contribution < 1.29 is 8.42 Å². The minimum atomic E-state index is -3.05. The van der Waals surface area contributed by atoms with Crippen LogP contribution in [0.5, 0.6) is 0 Å². The van der Waals surface area contributed by atoms with Crippen molar-refractivity contribution in [3.05, 3.63) is 0 Å². The number of nitrogens with one attached hydrogen (secondary N) is 3. The molecule has 2 aliphatic heterocycles. The smallest absolute Gasteiger partial charge is 0.208 e. The first-order valence-electron chi connectivity index (χ1n) is 4.95. The zero-order valence-electron chi connectivity index (χ0n) is 8.29. The standard InChI is InChI=1S/C8H17N3O2S/c1-14(12,13)11-5-8-7-4-9-2-6(7)3-10-8/h6-11H,2-5H2,1H3/t6?,7-,8-/m1/s1. The van der Waals surface area contributed by atoms with Gasteiger partial charge in [0, 0.05) is 12.6 Å². The van der Waals surface area contributed by atoms with Crippen molar-refractivity contribution in [2.75, 3.05) is 32.4 Å². The lowest BCUT2D eigenvalue weighted by Gasteiger charge is -2.17. The molecule has 2 aliphatic rings. The highest BCUT2D eigenvalue weighted by molar-refractivity contribution is 7.88. The summed E-state index contributed by atoms with van der Waals surface area (Å²) < 4.78 is 24.4. The first-order chi connectivity index (χ1) is 6.56. The summed E-state index contributed by atoms with van der Waals surface area (Å²) in [6, 6.07) is 0.296. The average Bonchev–Trinajstić information content (AvgIpc) is 2.59. The molecule has 2 saturated heterocycles. The fourth-order valence-electron chi connectivity index (χ4n) is 2.37. The van der Waals surface area contributed by atoms with Gasteiger partial charge < -0.3 is 10.6 Å². The maximum absolute atomic E-state index is 10.9. The number of hydrogen-bond acceptors (Lipinski definition) is 4. The molecule has 0 aromatic heterocycles. The van der Waals surface area contributed by atoms with Gasteiger partial charge in [0.05, 0.1) is 6.26 Å². The molecule has 14 heavy (non-hydrogen) atoms.